The number of benzene rings is 4. The summed E-state index contributed by atoms with van der Waals surface area (Å²) >= 11 is 0. The predicted octanol–water partition coefficient (Wildman–Crippen LogP) is 5.86. The van der Waals surface area contributed by atoms with Crippen molar-refractivity contribution in [3.05, 3.63) is 145 Å². The third kappa shape index (κ3) is 13.1. The summed E-state index contributed by atoms with van der Waals surface area (Å²) in [5.74, 6) is 1.76. The summed E-state index contributed by atoms with van der Waals surface area (Å²) in [6.45, 7) is 8.04. The Labute approximate surface area is 448 Å². The first-order chi connectivity index (χ1) is 37.5. The van der Waals surface area contributed by atoms with Gasteiger partial charge in [0.05, 0.1) is 44.2 Å². The van der Waals surface area contributed by atoms with Crippen LogP contribution >= 0.6 is 0 Å². The summed E-state index contributed by atoms with van der Waals surface area (Å²) in [4.78, 5) is 63.8. The minimum absolute atomic E-state index is 0. The van der Waals surface area contributed by atoms with E-state index in [-0.39, 0.29) is 25.0 Å². The molecule has 4 aliphatic rings. The number of β-amino-alcohol motifs (C(OH)–C–C–N with tert-alkyl or cyclic N) is 2. The van der Waals surface area contributed by atoms with E-state index in [1.807, 2.05) is 70.0 Å². The van der Waals surface area contributed by atoms with E-state index in [4.69, 9.17) is 29.7 Å². The van der Waals surface area contributed by atoms with Crippen LogP contribution in [0.15, 0.2) is 134 Å². The molecule has 0 atom stereocenters. The van der Waals surface area contributed by atoms with Crippen LogP contribution in [-0.2, 0) is 9.47 Å². The number of amides is 5. The minimum Gasteiger partial charge on any atom is -0.478 e. The molecule has 4 fully saturated rings. The Kier molecular flexibility index (Phi) is 17.1. The SMILES string of the molecule is C.O=C(Nc1ccc(C(=O)N2CC(O)C2)cc1)Nc1ccc(-c2nc(N3CCOCC3)c3cccn3n2)cc1.O=C(Nc1ccc(C(=O)O)cc1)Nc1ccc(-c2nc(N3CCOCC3)c3cccn3n2)cc1.OC1CNC1. The number of carboxylic acids is 1. The van der Waals surface area contributed by atoms with Crippen LogP contribution in [0.1, 0.15) is 28.1 Å². The van der Waals surface area contributed by atoms with Crippen LogP contribution in [0.3, 0.4) is 0 Å². The number of aromatic carboxylic acids is 1. The van der Waals surface area contributed by atoms with E-state index in [1.165, 1.54) is 24.3 Å². The molecule has 0 radical (unpaired) electrons. The van der Waals surface area contributed by atoms with Crippen molar-refractivity contribution in [2.75, 3.05) is 110 Å². The van der Waals surface area contributed by atoms with Gasteiger partial charge < -0.3 is 66.1 Å². The van der Waals surface area contributed by atoms with Crippen molar-refractivity contribution in [2.45, 2.75) is 19.6 Å². The van der Waals surface area contributed by atoms with E-state index in [1.54, 1.807) is 53.4 Å². The second kappa shape index (κ2) is 24.8. The Morgan fingerprint density at radius 2 is 0.897 bits per heavy atom. The fourth-order valence-electron chi connectivity index (χ4n) is 8.56. The van der Waals surface area contributed by atoms with Crippen LogP contribution in [-0.4, -0.2) is 164 Å². The number of nitrogens with one attached hydrogen (secondary N) is 5. The zero-order chi connectivity index (χ0) is 53.3. The maximum absolute atomic E-state index is 12.5. The molecule has 8 aromatic rings. The molecule has 4 saturated heterocycles. The molecule has 5 amide bonds. The number of ether oxygens (including phenoxy) is 2. The number of carbonyl (C=O) groups excluding carboxylic acids is 3. The van der Waals surface area contributed by atoms with Crippen LogP contribution in [0.4, 0.5) is 44.0 Å². The number of likely N-dealkylation sites (tertiary alicyclic amines) is 1. The fourth-order valence-corrected chi connectivity index (χ4v) is 8.56. The second-order valence-electron chi connectivity index (χ2n) is 18.3. The monoisotopic (exact) mass is 1060 g/mol. The van der Waals surface area contributed by atoms with E-state index in [0.717, 1.165) is 73.1 Å². The Hall–Kier alpha value is -9.00. The molecule has 4 aliphatic heterocycles. The molecule has 23 nitrogen and oxygen atoms in total. The number of aliphatic hydroxyl groups excluding tert-OH is 2. The van der Waals surface area contributed by atoms with E-state index < -0.39 is 24.1 Å². The summed E-state index contributed by atoms with van der Waals surface area (Å²) in [5, 5.41) is 50.0. The fraction of sp³-hybridized carbons (Fsp3) is 0.273. The highest BCUT2D eigenvalue weighted by Crippen LogP contribution is 2.28. The molecule has 23 heteroatoms. The Balaban J connectivity index is 0.000000173. The third-order valence-corrected chi connectivity index (χ3v) is 12.9. The molecule has 0 unspecified atom stereocenters. The van der Waals surface area contributed by atoms with Gasteiger partial charge in [-0.1, -0.05) is 7.43 Å². The van der Waals surface area contributed by atoms with Crippen molar-refractivity contribution < 1.29 is 44.0 Å². The molecule has 404 valence electrons. The van der Waals surface area contributed by atoms with Gasteiger partial charge in [0.2, 0.25) is 0 Å². The molecular weight excluding hydrogens is 1000 g/mol. The van der Waals surface area contributed by atoms with Crippen molar-refractivity contribution in [1.82, 2.24) is 39.4 Å². The number of nitrogens with zero attached hydrogens (tertiary/aromatic N) is 9. The van der Waals surface area contributed by atoms with Gasteiger partial charge in [-0.25, -0.2) is 33.4 Å². The highest BCUT2D eigenvalue weighted by Gasteiger charge is 2.29. The first-order valence-electron chi connectivity index (χ1n) is 25.0. The number of hydrogen-bond acceptors (Lipinski definition) is 15. The first-order valence-corrected chi connectivity index (χ1v) is 25.0. The van der Waals surface area contributed by atoms with Crippen molar-refractivity contribution in [1.29, 1.82) is 0 Å². The summed E-state index contributed by atoms with van der Waals surface area (Å²) < 4.78 is 14.6. The van der Waals surface area contributed by atoms with Crippen LogP contribution in [0.2, 0.25) is 0 Å². The normalized spacial score (nSPS) is 15.3. The van der Waals surface area contributed by atoms with E-state index >= 15 is 0 Å². The number of carboxylic acid groups (broad SMARTS) is 1. The van der Waals surface area contributed by atoms with Gasteiger partial charge in [0.1, 0.15) is 11.0 Å². The Morgan fingerprint density at radius 1 is 0.526 bits per heavy atom. The lowest BCUT2D eigenvalue weighted by molar-refractivity contribution is 0.00589. The Morgan fingerprint density at radius 3 is 1.24 bits per heavy atom. The molecule has 4 aromatic carbocycles. The third-order valence-electron chi connectivity index (χ3n) is 12.9. The molecule has 78 heavy (non-hydrogen) atoms. The zero-order valence-corrected chi connectivity index (χ0v) is 41.7. The first kappa shape index (κ1) is 53.8. The van der Waals surface area contributed by atoms with E-state index in [2.05, 4.69) is 46.6 Å². The number of carbonyl (C=O) groups is 4. The summed E-state index contributed by atoms with van der Waals surface area (Å²) in [6.07, 6.45) is 3.31. The molecule has 8 heterocycles. The maximum Gasteiger partial charge on any atom is 0.335 e. The second-order valence-corrected chi connectivity index (χ2v) is 18.3. The van der Waals surface area contributed by atoms with Gasteiger partial charge in [-0.15, -0.1) is 10.2 Å². The zero-order valence-electron chi connectivity index (χ0n) is 41.7. The molecule has 0 aliphatic carbocycles. The van der Waals surface area contributed by atoms with Crippen LogP contribution < -0.4 is 36.4 Å². The molecule has 12 rings (SSSR count). The smallest absolute Gasteiger partial charge is 0.335 e. The van der Waals surface area contributed by atoms with Crippen LogP contribution in [0.5, 0.6) is 0 Å². The molecular formula is C55H60N14O9. The topological polar surface area (TPSA) is 278 Å². The van der Waals surface area contributed by atoms with Gasteiger partial charge in [-0.05, 0) is 121 Å². The highest BCUT2D eigenvalue weighted by atomic mass is 16.5. The summed E-state index contributed by atoms with van der Waals surface area (Å²) in [7, 11) is 0. The van der Waals surface area contributed by atoms with Crippen molar-refractivity contribution in [3.8, 4) is 22.8 Å². The number of urea groups is 2. The Bertz CT molecular complexity index is 3330. The quantitative estimate of drug-likeness (QED) is 0.0797. The number of aromatic nitrogens is 6. The number of anilines is 6. The molecule has 0 bridgehead atoms. The van der Waals surface area contributed by atoms with Gasteiger partial charge in [0.15, 0.2) is 23.3 Å². The summed E-state index contributed by atoms with van der Waals surface area (Å²) in [5.41, 5.74) is 6.46. The van der Waals surface area contributed by atoms with Crippen molar-refractivity contribution in [2.24, 2.45) is 0 Å². The lowest BCUT2D eigenvalue weighted by Crippen LogP contribution is -2.53. The molecule has 0 spiro atoms. The van der Waals surface area contributed by atoms with Gasteiger partial charge in [0.25, 0.3) is 5.91 Å². The number of aliphatic hydroxyl groups is 2. The maximum atomic E-state index is 12.5. The van der Waals surface area contributed by atoms with Crippen molar-refractivity contribution >= 4 is 69.4 Å². The van der Waals surface area contributed by atoms with Gasteiger partial charge in [-0.2, -0.15) is 0 Å². The highest BCUT2D eigenvalue weighted by molar-refractivity contribution is 6.01. The van der Waals surface area contributed by atoms with Crippen LogP contribution in [0, 0.1) is 0 Å². The average molecular weight is 1060 g/mol. The van der Waals surface area contributed by atoms with E-state index in [0.29, 0.717) is 79.5 Å². The number of fused-ring (bicyclic) bond motifs is 2. The number of hydrogen-bond donors (Lipinski definition) is 8. The van der Waals surface area contributed by atoms with Crippen molar-refractivity contribution in [3.63, 3.8) is 0 Å². The van der Waals surface area contributed by atoms with Crippen LogP contribution in [0.25, 0.3) is 33.8 Å². The van der Waals surface area contributed by atoms with Gasteiger partial charge in [-0.3, -0.25) is 4.79 Å². The van der Waals surface area contributed by atoms with Gasteiger partial charge in [0, 0.05) is 104 Å². The largest absolute Gasteiger partial charge is 0.478 e. The predicted molar refractivity (Wildman–Crippen MR) is 296 cm³/mol. The molecule has 8 N–H and O–H groups in total. The average Bonchev–Trinajstić information content (AvgIpc) is 4.13. The molecule has 4 aromatic heterocycles. The minimum atomic E-state index is -1.02. The van der Waals surface area contributed by atoms with Gasteiger partial charge >= 0.3 is 18.0 Å². The van der Waals surface area contributed by atoms with E-state index in [9.17, 15) is 24.3 Å². The standard InChI is InChI=1S/C27H27N7O4.C24H22N6O4.C3H7NO.CH4/c35-22-16-33(17-22)26(36)19-5-9-21(10-6-19)29-27(37)28-20-7-3-18(4-8-20)24-30-25(32-12-14-38-15-13-32)23-2-1-11-34(23)31-24;31-23(32)17-5-9-19(10-6-17)26-24(33)25-18-7-3-16(4-8-18)21-27-22(29-12-14-34-15-13-29)20-2-1-11-30(20)28-21;5-3-1-4-2-3;/h1-11,22,35H,12-17H2,(H2,28,29,37);1-11H,12-15H2,(H,31,32)(H2,25,26,33);3-5H,1-2H2;1H4. The number of morpholine rings is 2. The molecule has 0 saturated carbocycles. The lowest BCUT2D eigenvalue weighted by atomic mass is 10.1. The number of rotatable bonds is 10. The lowest BCUT2D eigenvalue weighted by Gasteiger charge is -2.35. The summed E-state index contributed by atoms with van der Waals surface area (Å²) in [6, 6.07) is 34.3.